The van der Waals surface area contributed by atoms with Crippen molar-refractivity contribution >= 4 is 75.7 Å². The number of furan rings is 2. The molecule has 0 amide bonds. The van der Waals surface area contributed by atoms with E-state index in [4.69, 9.17) is 8.83 Å². The predicted molar refractivity (Wildman–Crippen MR) is 204 cm³/mol. The molecule has 0 bridgehead atoms. The summed E-state index contributed by atoms with van der Waals surface area (Å²) < 4.78 is 13.4. The number of halogens is 2. The second-order valence-corrected chi connectivity index (χ2v) is 14.5. The van der Waals surface area contributed by atoms with Crippen molar-refractivity contribution in [2.75, 3.05) is 0 Å². The molecule has 46 heavy (non-hydrogen) atoms. The standard InChI is InChI=1S/C21H18O.C18H11BrO.C3H7Br/c1-14(2)16-10-6-12-18-19-13-7-11-17(21(19)22-20(16)18)15-8-4-3-5-9-15;19-16-11-5-10-15-14-9-4-8-13(17(14)20-18(15)16)12-6-2-1-3-7-12;1-3(2)4/h3-14H,1-2H3;1-11H;3H,1-2H3. The first-order valence-electron chi connectivity index (χ1n) is 15.6. The SMILES string of the molecule is Brc1cccc2c1oc1c(-c3ccccc3)cccc12.CC(C)Br.CC(C)c1cccc2c1oc1c(-c3ccccc3)cccc12. The molecule has 0 radical (unpaired) electrons. The zero-order valence-corrected chi connectivity index (χ0v) is 29.6. The van der Waals surface area contributed by atoms with Crippen LogP contribution in [0.2, 0.25) is 0 Å². The van der Waals surface area contributed by atoms with Crippen molar-refractivity contribution in [3.8, 4) is 22.3 Å². The Morgan fingerprint density at radius 1 is 0.435 bits per heavy atom. The average molecular weight is 733 g/mol. The molecule has 0 aliphatic heterocycles. The topological polar surface area (TPSA) is 26.3 Å². The second kappa shape index (κ2) is 14.1. The molecule has 2 heterocycles. The van der Waals surface area contributed by atoms with Gasteiger partial charge in [-0.15, -0.1) is 0 Å². The Kier molecular flexibility index (Phi) is 9.77. The molecular weight excluding hydrogens is 696 g/mol. The van der Waals surface area contributed by atoms with Gasteiger partial charge in [0.2, 0.25) is 0 Å². The highest BCUT2D eigenvalue weighted by atomic mass is 79.9. The molecule has 0 spiro atoms. The molecule has 2 nitrogen and oxygen atoms in total. The van der Waals surface area contributed by atoms with Crippen LogP contribution in [0.5, 0.6) is 0 Å². The van der Waals surface area contributed by atoms with Gasteiger partial charge in [-0.2, -0.15) is 0 Å². The third-order valence-electron chi connectivity index (χ3n) is 7.82. The van der Waals surface area contributed by atoms with Crippen LogP contribution in [0, 0.1) is 0 Å². The zero-order chi connectivity index (χ0) is 32.2. The quantitative estimate of drug-likeness (QED) is 0.169. The fourth-order valence-electron chi connectivity index (χ4n) is 5.77. The molecular formula is C42H36Br2O2. The maximum Gasteiger partial charge on any atom is 0.149 e. The highest BCUT2D eigenvalue weighted by Crippen LogP contribution is 2.39. The summed E-state index contributed by atoms with van der Waals surface area (Å²) in [6, 6.07) is 46.1. The van der Waals surface area contributed by atoms with E-state index in [1.165, 1.54) is 27.5 Å². The van der Waals surface area contributed by atoms with Crippen LogP contribution in [0.4, 0.5) is 0 Å². The summed E-state index contributed by atoms with van der Waals surface area (Å²) in [7, 11) is 0. The largest absolute Gasteiger partial charge is 0.455 e. The number of alkyl halides is 1. The number of rotatable bonds is 3. The van der Waals surface area contributed by atoms with E-state index >= 15 is 0 Å². The summed E-state index contributed by atoms with van der Waals surface area (Å²) in [6.45, 7) is 8.58. The molecule has 0 N–H and O–H groups in total. The molecule has 0 atom stereocenters. The molecule has 8 rings (SSSR count). The Morgan fingerprint density at radius 3 is 1.30 bits per heavy atom. The Labute approximate surface area is 287 Å². The maximum atomic E-state index is 6.33. The van der Waals surface area contributed by atoms with Gasteiger partial charge in [-0.05, 0) is 44.6 Å². The van der Waals surface area contributed by atoms with Crippen molar-refractivity contribution < 1.29 is 8.83 Å². The molecule has 2 aromatic heterocycles. The minimum absolute atomic E-state index is 0.449. The van der Waals surface area contributed by atoms with Gasteiger partial charge in [0.1, 0.15) is 22.3 Å². The van der Waals surface area contributed by atoms with Crippen molar-refractivity contribution in [2.24, 2.45) is 0 Å². The van der Waals surface area contributed by atoms with Crippen LogP contribution in [0.1, 0.15) is 39.2 Å². The van der Waals surface area contributed by atoms with Crippen LogP contribution in [-0.4, -0.2) is 4.83 Å². The molecule has 4 heteroatoms. The van der Waals surface area contributed by atoms with Crippen molar-refractivity contribution in [1.82, 2.24) is 0 Å². The van der Waals surface area contributed by atoms with Crippen molar-refractivity contribution in [3.63, 3.8) is 0 Å². The van der Waals surface area contributed by atoms with Gasteiger partial charge in [-0.1, -0.05) is 171 Å². The van der Waals surface area contributed by atoms with E-state index in [0.717, 1.165) is 48.7 Å². The van der Waals surface area contributed by atoms with Crippen molar-refractivity contribution in [3.05, 3.63) is 143 Å². The van der Waals surface area contributed by atoms with E-state index < -0.39 is 0 Å². The number of fused-ring (bicyclic) bond motifs is 6. The summed E-state index contributed by atoms with van der Waals surface area (Å²) in [6.07, 6.45) is 0. The third-order valence-corrected chi connectivity index (χ3v) is 8.45. The van der Waals surface area contributed by atoms with E-state index in [-0.39, 0.29) is 0 Å². The van der Waals surface area contributed by atoms with E-state index in [2.05, 4.69) is 157 Å². The number of hydrogen-bond acceptors (Lipinski definition) is 2. The lowest BCUT2D eigenvalue weighted by Gasteiger charge is -2.04. The van der Waals surface area contributed by atoms with Crippen molar-refractivity contribution in [1.29, 1.82) is 0 Å². The fraction of sp³-hybridized carbons (Fsp3) is 0.143. The Balaban J connectivity index is 0.000000146. The van der Waals surface area contributed by atoms with Gasteiger partial charge < -0.3 is 8.83 Å². The Morgan fingerprint density at radius 2 is 0.826 bits per heavy atom. The molecule has 6 aromatic carbocycles. The molecule has 0 aliphatic carbocycles. The first-order chi connectivity index (χ1) is 22.3. The predicted octanol–water partition coefficient (Wildman–Crippen LogP) is 14.2. The molecule has 0 unspecified atom stereocenters. The molecule has 230 valence electrons. The minimum Gasteiger partial charge on any atom is -0.455 e. The molecule has 0 fully saturated rings. The number of benzene rings is 6. The van der Waals surface area contributed by atoms with Gasteiger partial charge in [-0.25, -0.2) is 0 Å². The van der Waals surface area contributed by atoms with E-state index in [1.807, 2.05) is 36.4 Å². The third kappa shape index (κ3) is 6.56. The van der Waals surface area contributed by atoms with E-state index in [0.29, 0.717) is 10.7 Å². The van der Waals surface area contributed by atoms with Crippen LogP contribution < -0.4 is 0 Å². The zero-order valence-electron chi connectivity index (χ0n) is 26.4. The second-order valence-electron chi connectivity index (χ2n) is 11.8. The summed E-state index contributed by atoms with van der Waals surface area (Å²) in [4.78, 5) is 0.646. The van der Waals surface area contributed by atoms with Crippen LogP contribution >= 0.6 is 31.9 Å². The average Bonchev–Trinajstić information content (AvgIpc) is 3.65. The summed E-state index contributed by atoms with van der Waals surface area (Å²) in [5.74, 6) is 0.449. The van der Waals surface area contributed by atoms with Crippen molar-refractivity contribution in [2.45, 2.75) is 38.4 Å². The van der Waals surface area contributed by atoms with Crippen LogP contribution in [0.25, 0.3) is 66.1 Å². The van der Waals surface area contributed by atoms with Gasteiger partial charge >= 0.3 is 0 Å². The normalized spacial score (nSPS) is 11.2. The monoisotopic (exact) mass is 730 g/mol. The van der Waals surface area contributed by atoms with E-state index in [1.54, 1.807) is 0 Å². The van der Waals surface area contributed by atoms with Crippen LogP contribution in [-0.2, 0) is 0 Å². The molecule has 0 saturated carbocycles. The number of hydrogen-bond donors (Lipinski definition) is 0. The summed E-state index contributed by atoms with van der Waals surface area (Å²) in [5.41, 5.74) is 9.79. The maximum absolute atomic E-state index is 6.33. The molecule has 0 saturated heterocycles. The Hall–Kier alpha value is -4.12. The first kappa shape index (κ1) is 31.8. The molecule has 0 aliphatic rings. The van der Waals surface area contributed by atoms with Gasteiger partial charge in [0, 0.05) is 37.5 Å². The Bertz CT molecular complexity index is 2220. The summed E-state index contributed by atoms with van der Waals surface area (Å²) in [5, 5.41) is 4.70. The van der Waals surface area contributed by atoms with Crippen LogP contribution in [0.3, 0.4) is 0 Å². The fourth-order valence-corrected chi connectivity index (χ4v) is 6.22. The van der Waals surface area contributed by atoms with Crippen LogP contribution in [0.15, 0.2) is 147 Å². The van der Waals surface area contributed by atoms with E-state index in [9.17, 15) is 0 Å². The van der Waals surface area contributed by atoms with Gasteiger partial charge in [0.05, 0.1) is 4.47 Å². The summed E-state index contributed by atoms with van der Waals surface area (Å²) >= 11 is 6.83. The minimum atomic E-state index is 0.449. The van der Waals surface area contributed by atoms with Gasteiger partial charge in [0.15, 0.2) is 0 Å². The van der Waals surface area contributed by atoms with Gasteiger partial charge in [-0.3, -0.25) is 0 Å². The molecule has 8 aromatic rings. The lowest BCUT2D eigenvalue weighted by molar-refractivity contribution is 0.658. The highest BCUT2D eigenvalue weighted by molar-refractivity contribution is 9.10. The smallest absolute Gasteiger partial charge is 0.149 e. The first-order valence-corrected chi connectivity index (χ1v) is 17.3. The number of para-hydroxylation sites is 4. The lowest BCUT2D eigenvalue weighted by atomic mass is 9.99. The lowest BCUT2D eigenvalue weighted by Crippen LogP contribution is -1.86. The highest BCUT2D eigenvalue weighted by Gasteiger charge is 2.16. The van der Waals surface area contributed by atoms with Gasteiger partial charge in [0.25, 0.3) is 0 Å².